The van der Waals surface area contributed by atoms with Crippen LogP contribution in [0.3, 0.4) is 0 Å². The number of rotatable bonds is 5. The normalized spacial score (nSPS) is 13.7. The van der Waals surface area contributed by atoms with E-state index in [1.165, 1.54) is 0 Å². The summed E-state index contributed by atoms with van der Waals surface area (Å²) in [6.07, 6.45) is -4.77. The lowest BCUT2D eigenvalue weighted by Gasteiger charge is -2.21. The van der Waals surface area contributed by atoms with Gasteiger partial charge >= 0.3 is 6.18 Å². The van der Waals surface area contributed by atoms with Crippen LogP contribution < -0.4 is 5.32 Å². The van der Waals surface area contributed by atoms with Crippen LogP contribution in [0.25, 0.3) is 0 Å². The largest absolute Gasteiger partial charge is 0.389 e. The molecule has 18 heavy (non-hydrogen) atoms. The van der Waals surface area contributed by atoms with E-state index in [1.54, 1.807) is 0 Å². The third-order valence-corrected chi connectivity index (χ3v) is 4.24. The first-order valence-electron chi connectivity index (χ1n) is 5.90. The molecular formula is C13H17F3IN. The van der Waals surface area contributed by atoms with Crippen molar-refractivity contribution in [3.63, 3.8) is 0 Å². The average molecular weight is 371 g/mol. The fourth-order valence-corrected chi connectivity index (χ4v) is 2.60. The van der Waals surface area contributed by atoms with Crippen molar-refractivity contribution in [3.8, 4) is 0 Å². The van der Waals surface area contributed by atoms with Gasteiger partial charge in [0, 0.05) is 16.0 Å². The van der Waals surface area contributed by atoms with Crippen LogP contribution in [-0.4, -0.2) is 12.7 Å². The van der Waals surface area contributed by atoms with Gasteiger partial charge in [-0.2, -0.15) is 13.2 Å². The van der Waals surface area contributed by atoms with E-state index in [1.807, 2.05) is 32.0 Å². The standard InChI is InChI=1S/C13H17F3IN/c1-3-18-11(7-8-13(14,15)16)10-6-4-5-9(2)12(10)17/h4-6,11,18H,3,7-8H2,1-2H3. The van der Waals surface area contributed by atoms with E-state index in [0.717, 1.165) is 14.7 Å². The molecular weight excluding hydrogens is 354 g/mol. The van der Waals surface area contributed by atoms with Gasteiger partial charge in [-0.05, 0) is 53.6 Å². The van der Waals surface area contributed by atoms with Crippen molar-refractivity contribution in [1.29, 1.82) is 0 Å². The topological polar surface area (TPSA) is 12.0 Å². The zero-order valence-corrected chi connectivity index (χ0v) is 12.6. The van der Waals surface area contributed by atoms with Gasteiger partial charge < -0.3 is 5.32 Å². The second kappa shape index (κ2) is 6.75. The van der Waals surface area contributed by atoms with Crippen LogP contribution in [0, 0.1) is 10.5 Å². The molecule has 0 aliphatic heterocycles. The average Bonchev–Trinajstić information content (AvgIpc) is 2.27. The van der Waals surface area contributed by atoms with Crippen molar-refractivity contribution < 1.29 is 13.2 Å². The SMILES string of the molecule is CCNC(CCC(F)(F)F)c1cccc(C)c1I. The first-order valence-corrected chi connectivity index (χ1v) is 6.98. The van der Waals surface area contributed by atoms with Gasteiger partial charge in [-0.15, -0.1) is 0 Å². The molecule has 1 aromatic carbocycles. The molecule has 0 fully saturated rings. The Labute approximate surface area is 119 Å². The van der Waals surface area contributed by atoms with E-state index < -0.39 is 12.6 Å². The highest BCUT2D eigenvalue weighted by atomic mass is 127. The molecule has 0 bridgehead atoms. The number of hydrogen-bond acceptors (Lipinski definition) is 1. The lowest BCUT2D eigenvalue weighted by Crippen LogP contribution is -2.24. The molecule has 0 radical (unpaired) electrons. The van der Waals surface area contributed by atoms with Crippen molar-refractivity contribution in [2.75, 3.05) is 6.54 Å². The molecule has 1 unspecified atom stereocenters. The minimum atomic E-state index is -4.09. The van der Waals surface area contributed by atoms with Crippen LogP contribution in [0.2, 0.25) is 0 Å². The molecule has 0 saturated carbocycles. The van der Waals surface area contributed by atoms with Crippen LogP contribution >= 0.6 is 22.6 Å². The smallest absolute Gasteiger partial charge is 0.310 e. The summed E-state index contributed by atoms with van der Waals surface area (Å²) in [5, 5.41) is 3.13. The lowest BCUT2D eigenvalue weighted by molar-refractivity contribution is -0.136. The van der Waals surface area contributed by atoms with Crippen molar-refractivity contribution in [1.82, 2.24) is 5.32 Å². The van der Waals surface area contributed by atoms with Crippen LogP contribution in [0.4, 0.5) is 13.2 Å². The third kappa shape index (κ3) is 4.76. The van der Waals surface area contributed by atoms with Gasteiger partial charge in [-0.3, -0.25) is 0 Å². The third-order valence-electron chi connectivity index (χ3n) is 2.76. The first kappa shape index (κ1) is 15.8. The zero-order chi connectivity index (χ0) is 13.8. The summed E-state index contributed by atoms with van der Waals surface area (Å²) in [7, 11) is 0. The molecule has 0 aliphatic carbocycles. The molecule has 0 spiro atoms. The Hall–Kier alpha value is -0.300. The molecule has 1 aromatic rings. The van der Waals surface area contributed by atoms with Crippen molar-refractivity contribution in [2.45, 2.75) is 38.9 Å². The van der Waals surface area contributed by atoms with E-state index in [4.69, 9.17) is 0 Å². The molecule has 0 saturated heterocycles. The Morgan fingerprint density at radius 2 is 2.00 bits per heavy atom. The summed E-state index contributed by atoms with van der Waals surface area (Å²) in [4.78, 5) is 0. The molecule has 0 heterocycles. The first-order chi connectivity index (χ1) is 8.35. The van der Waals surface area contributed by atoms with Gasteiger partial charge in [-0.1, -0.05) is 25.1 Å². The predicted molar refractivity (Wildman–Crippen MR) is 75.6 cm³/mol. The Morgan fingerprint density at radius 3 is 2.56 bits per heavy atom. The van der Waals surface area contributed by atoms with Gasteiger partial charge in [0.25, 0.3) is 0 Å². The highest BCUT2D eigenvalue weighted by Crippen LogP contribution is 2.30. The van der Waals surface area contributed by atoms with Crippen molar-refractivity contribution in [3.05, 3.63) is 32.9 Å². The molecule has 0 aromatic heterocycles. The van der Waals surface area contributed by atoms with Crippen molar-refractivity contribution >= 4 is 22.6 Å². The van der Waals surface area contributed by atoms with Gasteiger partial charge in [0.1, 0.15) is 0 Å². The minimum absolute atomic E-state index is 0.0802. The summed E-state index contributed by atoms with van der Waals surface area (Å²) in [6, 6.07) is 5.53. The quantitative estimate of drug-likeness (QED) is 0.747. The van der Waals surface area contributed by atoms with Crippen LogP contribution in [-0.2, 0) is 0 Å². The van der Waals surface area contributed by atoms with E-state index in [-0.39, 0.29) is 12.5 Å². The molecule has 1 rings (SSSR count). The summed E-state index contributed by atoms with van der Waals surface area (Å²) >= 11 is 2.20. The number of benzene rings is 1. The molecule has 1 N–H and O–H groups in total. The van der Waals surface area contributed by atoms with Crippen LogP contribution in [0.5, 0.6) is 0 Å². The molecule has 1 atom stereocenters. The number of nitrogens with one attached hydrogen (secondary N) is 1. The van der Waals surface area contributed by atoms with E-state index in [0.29, 0.717) is 6.54 Å². The Balaban J connectivity index is 2.87. The lowest BCUT2D eigenvalue weighted by atomic mass is 10.00. The molecule has 102 valence electrons. The highest BCUT2D eigenvalue weighted by Gasteiger charge is 2.29. The number of halogens is 4. The van der Waals surface area contributed by atoms with Gasteiger partial charge in [-0.25, -0.2) is 0 Å². The van der Waals surface area contributed by atoms with Gasteiger partial charge in [0.2, 0.25) is 0 Å². The number of alkyl halides is 3. The maximum absolute atomic E-state index is 12.3. The Morgan fingerprint density at radius 1 is 1.33 bits per heavy atom. The zero-order valence-electron chi connectivity index (χ0n) is 10.4. The Bertz CT molecular complexity index is 390. The van der Waals surface area contributed by atoms with Crippen LogP contribution in [0.15, 0.2) is 18.2 Å². The second-order valence-electron chi connectivity index (χ2n) is 4.24. The van der Waals surface area contributed by atoms with E-state index in [9.17, 15) is 13.2 Å². The predicted octanol–water partition coefficient (Wildman–Crippen LogP) is 4.59. The molecule has 5 heteroatoms. The monoisotopic (exact) mass is 371 g/mol. The van der Waals surface area contributed by atoms with Crippen LogP contribution in [0.1, 0.15) is 36.9 Å². The van der Waals surface area contributed by atoms with E-state index >= 15 is 0 Å². The molecule has 0 amide bonds. The van der Waals surface area contributed by atoms with Gasteiger partial charge in [0.15, 0.2) is 0 Å². The fourth-order valence-electron chi connectivity index (χ4n) is 1.86. The maximum Gasteiger partial charge on any atom is 0.389 e. The summed E-state index contributed by atoms with van der Waals surface area (Å²) in [5.41, 5.74) is 2.06. The summed E-state index contributed by atoms with van der Waals surface area (Å²) in [6.45, 7) is 4.54. The number of hydrogen-bond donors (Lipinski definition) is 1. The molecule has 1 nitrogen and oxygen atoms in total. The van der Waals surface area contributed by atoms with Crippen molar-refractivity contribution in [2.24, 2.45) is 0 Å². The summed E-state index contributed by atoms with van der Waals surface area (Å²) in [5.74, 6) is 0. The maximum atomic E-state index is 12.3. The molecule has 0 aliphatic rings. The van der Waals surface area contributed by atoms with E-state index in [2.05, 4.69) is 27.9 Å². The minimum Gasteiger partial charge on any atom is -0.310 e. The summed E-state index contributed by atoms with van der Waals surface area (Å²) < 4.78 is 38.0. The highest BCUT2D eigenvalue weighted by molar-refractivity contribution is 14.1. The second-order valence-corrected chi connectivity index (χ2v) is 5.32. The Kier molecular flexibility index (Phi) is 5.91. The van der Waals surface area contributed by atoms with Gasteiger partial charge in [0.05, 0.1) is 0 Å². The fraction of sp³-hybridized carbons (Fsp3) is 0.538. The number of aryl methyl sites for hydroxylation is 1.